The Bertz CT molecular complexity index is 264. The van der Waals surface area contributed by atoms with Crippen LogP contribution in [-0.4, -0.2) is 42.1 Å². The lowest BCUT2D eigenvalue weighted by Crippen LogP contribution is -2.19. The smallest absolute Gasteiger partial charge is 0.179 e. The maximum Gasteiger partial charge on any atom is 0.179 e. The fraction of sp³-hybridized carbons (Fsp3) is 0.500. The Morgan fingerprint density at radius 3 is 2.92 bits per heavy atom. The molecular weight excluding hydrogens is 168 g/mol. The first kappa shape index (κ1) is 9.73. The van der Waals surface area contributed by atoms with Crippen molar-refractivity contribution in [1.29, 1.82) is 0 Å². The topological polar surface area (TPSA) is 64.3 Å². The zero-order chi connectivity index (χ0) is 9.68. The van der Waals surface area contributed by atoms with E-state index >= 15 is 0 Å². The van der Waals surface area contributed by atoms with Gasteiger partial charge in [-0.3, -0.25) is 0 Å². The second-order valence-electron chi connectivity index (χ2n) is 2.92. The highest BCUT2D eigenvalue weighted by Crippen LogP contribution is 2.14. The van der Waals surface area contributed by atoms with Crippen LogP contribution in [0.25, 0.3) is 0 Å². The highest BCUT2D eigenvalue weighted by Gasteiger charge is 2.00. The first-order valence-electron chi connectivity index (χ1n) is 4.03. The Morgan fingerprint density at radius 2 is 2.31 bits per heavy atom. The second kappa shape index (κ2) is 4.61. The van der Waals surface area contributed by atoms with Gasteiger partial charge < -0.3 is 15.4 Å². The summed E-state index contributed by atoms with van der Waals surface area (Å²) in [4.78, 5) is 9.65. The molecule has 72 valence electrons. The summed E-state index contributed by atoms with van der Waals surface area (Å²) in [5.41, 5.74) is 5.55. The third-order valence-electron chi connectivity index (χ3n) is 1.50. The molecule has 0 amide bonds. The van der Waals surface area contributed by atoms with Crippen LogP contribution in [0.2, 0.25) is 0 Å². The van der Waals surface area contributed by atoms with Crippen LogP contribution in [-0.2, 0) is 0 Å². The van der Waals surface area contributed by atoms with E-state index in [0.29, 0.717) is 18.2 Å². The maximum atomic E-state index is 5.55. The van der Waals surface area contributed by atoms with Crippen molar-refractivity contribution in [2.24, 2.45) is 0 Å². The summed E-state index contributed by atoms with van der Waals surface area (Å²) in [7, 11) is 3.96. The van der Waals surface area contributed by atoms with E-state index in [2.05, 4.69) is 9.97 Å². The van der Waals surface area contributed by atoms with Gasteiger partial charge in [-0.05, 0) is 14.1 Å². The normalized spacial score (nSPS) is 10.4. The van der Waals surface area contributed by atoms with Gasteiger partial charge in [-0.15, -0.1) is 0 Å². The molecule has 0 fully saturated rings. The number of hydrogen-bond donors (Lipinski definition) is 1. The standard InChI is InChI=1S/C8H14N4O/c1-12(2)3-4-13-7-5-10-6-11-8(7)9/h5-6H,3-4H2,1-2H3,(H2,9,10,11). The summed E-state index contributed by atoms with van der Waals surface area (Å²) in [6, 6.07) is 0. The molecule has 0 saturated heterocycles. The first-order chi connectivity index (χ1) is 6.20. The van der Waals surface area contributed by atoms with Gasteiger partial charge in [0.15, 0.2) is 11.6 Å². The number of likely N-dealkylation sites (N-methyl/N-ethyl adjacent to an activating group) is 1. The molecular formula is C8H14N4O. The van der Waals surface area contributed by atoms with E-state index < -0.39 is 0 Å². The molecule has 0 aliphatic heterocycles. The molecule has 0 spiro atoms. The predicted octanol–water partition coefficient (Wildman–Crippen LogP) is -0.000800. The molecule has 0 aliphatic rings. The number of ether oxygens (including phenoxy) is 1. The third kappa shape index (κ3) is 3.25. The van der Waals surface area contributed by atoms with Gasteiger partial charge in [0.05, 0.1) is 6.20 Å². The highest BCUT2D eigenvalue weighted by molar-refractivity contribution is 5.42. The van der Waals surface area contributed by atoms with Crippen molar-refractivity contribution in [1.82, 2.24) is 14.9 Å². The molecule has 0 aromatic carbocycles. The lowest BCUT2D eigenvalue weighted by Gasteiger charge is -2.11. The lowest BCUT2D eigenvalue weighted by molar-refractivity contribution is 0.261. The summed E-state index contributed by atoms with van der Waals surface area (Å²) >= 11 is 0. The molecule has 13 heavy (non-hydrogen) atoms. The maximum absolute atomic E-state index is 5.55. The fourth-order valence-electron chi connectivity index (χ4n) is 0.776. The molecule has 1 aromatic heterocycles. The monoisotopic (exact) mass is 182 g/mol. The summed E-state index contributed by atoms with van der Waals surface area (Å²) in [5, 5.41) is 0. The molecule has 0 saturated carbocycles. The van der Waals surface area contributed by atoms with Crippen LogP contribution in [0.1, 0.15) is 0 Å². The Balaban J connectivity index is 2.41. The summed E-state index contributed by atoms with van der Waals surface area (Å²) < 4.78 is 5.36. The number of rotatable bonds is 4. The first-order valence-corrected chi connectivity index (χ1v) is 4.03. The minimum Gasteiger partial charge on any atom is -0.487 e. The minimum absolute atomic E-state index is 0.383. The Kier molecular flexibility index (Phi) is 3.45. The van der Waals surface area contributed by atoms with Crippen molar-refractivity contribution in [2.45, 2.75) is 0 Å². The van der Waals surface area contributed by atoms with E-state index in [-0.39, 0.29) is 0 Å². The zero-order valence-electron chi connectivity index (χ0n) is 7.90. The van der Waals surface area contributed by atoms with Gasteiger partial charge in [-0.1, -0.05) is 0 Å². The van der Waals surface area contributed by atoms with Crippen LogP contribution < -0.4 is 10.5 Å². The van der Waals surface area contributed by atoms with Crippen LogP contribution in [0.4, 0.5) is 5.82 Å². The van der Waals surface area contributed by atoms with Crippen molar-refractivity contribution >= 4 is 5.82 Å². The highest BCUT2D eigenvalue weighted by atomic mass is 16.5. The quantitative estimate of drug-likeness (QED) is 0.710. The predicted molar refractivity (Wildman–Crippen MR) is 50.5 cm³/mol. The second-order valence-corrected chi connectivity index (χ2v) is 2.92. The van der Waals surface area contributed by atoms with Crippen LogP contribution in [0, 0.1) is 0 Å². The fourth-order valence-corrected chi connectivity index (χ4v) is 0.776. The van der Waals surface area contributed by atoms with Gasteiger partial charge in [-0.25, -0.2) is 9.97 Å². The van der Waals surface area contributed by atoms with Crippen molar-refractivity contribution < 1.29 is 4.74 Å². The van der Waals surface area contributed by atoms with Crippen molar-refractivity contribution in [3.05, 3.63) is 12.5 Å². The van der Waals surface area contributed by atoms with Gasteiger partial charge in [-0.2, -0.15) is 0 Å². The van der Waals surface area contributed by atoms with Gasteiger partial charge in [0.25, 0.3) is 0 Å². The zero-order valence-corrected chi connectivity index (χ0v) is 7.90. The van der Waals surface area contributed by atoms with Crippen molar-refractivity contribution in [3.8, 4) is 5.75 Å². The van der Waals surface area contributed by atoms with Crippen molar-refractivity contribution in [2.75, 3.05) is 33.0 Å². The van der Waals surface area contributed by atoms with E-state index in [1.54, 1.807) is 6.20 Å². The van der Waals surface area contributed by atoms with Crippen LogP contribution in [0.5, 0.6) is 5.75 Å². The number of hydrogen-bond acceptors (Lipinski definition) is 5. The van der Waals surface area contributed by atoms with Crippen LogP contribution in [0.15, 0.2) is 12.5 Å². The molecule has 5 nitrogen and oxygen atoms in total. The van der Waals surface area contributed by atoms with E-state index in [1.807, 2.05) is 19.0 Å². The van der Waals surface area contributed by atoms with Crippen LogP contribution in [0.3, 0.4) is 0 Å². The number of aromatic nitrogens is 2. The molecule has 2 N–H and O–H groups in total. The van der Waals surface area contributed by atoms with Crippen LogP contribution >= 0.6 is 0 Å². The molecule has 0 aliphatic carbocycles. The Morgan fingerprint density at radius 1 is 1.54 bits per heavy atom. The van der Waals surface area contributed by atoms with Gasteiger partial charge in [0.2, 0.25) is 0 Å². The molecule has 0 radical (unpaired) electrons. The Labute approximate surface area is 77.5 Å². The number of nitrogen functional groups attached to an aromatic ring is 1. The number of nitrogens with zero attached hydrogens (tertiary/aromatic N) is 3. The van der Waals surface area contributed by atoms with Gasteiger partial charge in [0, 0.05) is 6.54 Å². The average Bonchev–Trinajstić information content (AvgIpc) is 2.08. The lowest BCUT2D eigenvalue weighted by atomic mass is 10.5. The van der Waals surface area contributed by atoms with Gasteiger partial charge >= 0.3 is 0 Å². The molecule has 5 heteroatoms. The van der Waals surface area contributed by atoms with Crippen molar-refractivity contribution in [3.63, 3.8) is 0 Å². The number of anilines is 1. The van der Waals surface area contributed by atoms with E-state index in [0.717, 1.165) is 6.54 Å². The molecule has 0 bridgehead atoms. The third-order valence-corrected chi connectivity index (χ3v) is 1.50. The van der Waals surface area contributed by atoms with E-state index in [4.69, 9.17) is 10.5 Å². The molecule has 1 rings (SSSR count). The summed E-state index contributed by atoms with van der Waals surface area (Å²) in [5.74, 6) is 0.929. The molecule has 0 atom stereocenters. The Hall–Kier alpha value is -1.36. The molecule has 1 heterocycles. The number of nitrogens with two attached hydrogens (primary N) is 1. The average molecular weight is 182 g/mol. The minimum atomic E-state index is 0.383. The SMILES string of the molecule is CN(C)CCOc1cncnc1N. The largest absolute Gasteiger partial charge is 0.487 e. The molecule has 1 aromatic rings. The van der Waals surface area contributed by atoms with Gasteiger partial charge in [0.1, 0.15) is 12.9 Å². The van der Waals surface area contributed by atoms with E-state index in [9.17, 15) is 0 Å². The van der Waals surface area contributed by atoms with E-state index in [1.165, 1.54) is 6.33 Å². The summed E-state index contributed by atoms with van der Waals surface area (Å²) in [6.07, 6.45) is 2.96. The summed E-state index contributed by atoms with van der Waals surface area (Å²) in [6.45, 7) is 1.43. The molecule has 0 unspecified atom stereocenters.